The largest absolute Gasteiger partial charge is 0.346 e. The third-order valence-electron chi connectivity index (χ3n) is 4.53. The van der Waals surface area contributed by atoms with Gasteiger partial charge in [0.1, 0.15) is 5.82 Å². The fourth-order valence-corrected chi connectivity index (χ4v) is 3.87. The molecule has 1 unspecified atom stereocenters. The lowest BCUT2D eigenvalue weighted by molar-refractivity contribution is -0.121. The summed E-state index contributed by atoms with van der Waals surface area (Å²) in [4.78, 5) is 21.9. The number of carbonyl (C=O) groups excluding carboxylic acids is 1. The van der Waals surface area contributed by atoms with Crippen molar-refractivity contribution in [2.45, 2.75) is 25.3 Å². The van der Waals surface area contributed by atoms with Crippen LogP contribution in [-0.4, -0.2) is 15.9 Å². The van der Waals surface area contributed by atoms with Crippen LogP contribution >= 0.6 is 11.3 Å². The van der Waals surface area contributed by atoms with Gasteiger partial charge in [-0.3, -0.25) is 4.79 Å². The van der Waals surface area contributed by atoms with Crippen LogP contribution in [0.1, 0.15) is 28.7 Å². The number of imidazole rings is 1. The third kappa shape index (κ3) is 4.44. The first-order chi connectivity index (χ1) is 13.3. The molecule has 2 aromatic carbocycles. The third-order valence-corrected chi connectivity index (χ3v) is 5.47. The molecule has 4 rings (SSSR count). The van der Waals surface area contributed by atoms with E-state index in [-0.39, 0.29) is 11.9 Å². The molecule has 1 amide bonds. The predicted molar refractivity (Wildman–Crippen MR) is 110 cm³/mol. The molecule has 0 spiro atoms. The van der Waals surface area contributed by atoms with E-state index in [1.807, 2.05) is 53.9 Å². The van der Waals surface area contributed by atoms with Crippen LogP contribution in [0.3, 0.4) is 0 Å². The molecular weight excluding hydrogens is 354 g/mol. The molecule has 2 N–H and O–H groups in total. The fraction of sp³-hybridized carbons (Fsp3) is 0.182. The molecule has 0 saturated carbocycles. The first-order valence-corrected chi connectivity index (χ1v) is 9.96. The zero-order valence-electron chi connectivity index (χ0n) is 14.9. The van der Waals surface area contributed by atoms with E-state index in [4.69, 9.17) is 4.98 Å². The zero-order chi connectivity index (χ0) is 18.5. The molecule has 1 atom stereocenters. The fourth-order valence-electron chi connectivity index (χ4n) is 3.16. The highest BCUT2D eigenvalue weighted by molar-refractivity contribution is 7.09. The molecule has 0 aliphatic heterocycles. The van der Waals surface area contributed by atoms with Gasteiger partial charge in [0.25, 0.3) is 0 Å². The Morgan fingerprint density at radius 2 is 1.85 bits per heavy atom. The molecule has 4 aromatic rings. The molecule has 0 radical (unpaired) electrons. The molecule has 0 saturated heterocycles. The summed E-state index contributed by atoms with van der Waals surface area (Å²) in [6.07, 6.45) is 1.94. The van der Waals surface area contributed by atoms with Gasteiger partial charge < -0.3 is 10.3 Å². The second-order valence-corrected chi connectivity index (χ2v) is 7.56. The van der Waals surface area contributed by atoms with Gasteiger partial charge in [-0.2, -0.15) is 0 Å². The number of thiophene rings is 1. The van der Waals surface area contributed by atoms with Crippen LogP contribution in [0.15, 0.2) is 72.1 Å². The van der Waals surface area contributed by atoms with Crippen LogP contribution in [0.4, 0.5) is 0 Å². The number of aromatic amines is 1. The normalized spacial score (nSPS) is 12.1. The Balaban J connectivity index is 1.52. The highest BCUT2D eigenvalue weighted by atomic mass is 32.1. The number of aryl methyl sites for hydroxylation is 1. The molecule has 0 bridgehead atoms. The van der Waals surface area contributed by atoms with Crippen molar-refractivity contribution in [1.82, 2.24) is 15.3 Å². The zero-order valence-corrected chi connectivity index (χ0v) is 15.7. The Hall–Kier alpha value is -2.92. The molecule has 27 heavy (non-hydrogen) atoms. The number of hydrogen-bond acceptors (Lipinski definition) is 3. The van der Waals surface area contributed by atoms with E-state index in [1.54, 1.807) is 11.3 Å². The van der Waals surface area contributed by atoms with E-state index in [2.05, 4.69) is 28.5 Å². The van der Waals surface area contributed by atoms with Crippen molar-refractivity contribution in [1.29, 1.82) is 0 Å². The Kier molecular flexibility index (Phi) is 5.30. The number of aromatic nitrogens is 2. The van der Waals surface area contributed by atoms with Gasteiger partial charge in [-0.05, 0) is 42.0 Å². The molecule has 2 aromatic heterocycles. The van der Waals surface area contributed by atoms with Crippen LogP contribution in [0.5, 0.6) is 0 Å². The molecule has 0 fully saturated rings. The summed E-state index contributed by atoms with van der Waals surface area (Å²) in [5.41, 5.74) is 3.07. The summed E-state index contributed by atoms with van der Waals surface area (Å²) in [6, 6.07) is 22.0. The van der Waals surface area contributed by atoms with Gasteiger partial charge in [0.15, 0.2) is 0 Å². The highest BCUT2D eigenvalue weighted by Crippen LogP contribution is 2.20. The van der Waals surface area contributed by atoms with Crippen molar-refractivity contribution in [3.63, 3.8) is 0 Å². The summed E-state index contributed by atoms with van der Waals surface area (Å²) >= 11 is 1.69. The molecule has 4 nitrogen and oxygen atoms in total. The first-order valence-electron chi connectivity index (χ1n) is 9.08. The number of nitrogens with zero attached hydrogens (tertiary/aromatic N) is 1. The number of para-hydroxylation sites is 2. The second-order valence-electron chi connectivity index (χ2n) is 6.53. The summed E-state index contributed by atoms with van der Waals surface area (Å²) in [5.74, 6) is 0.842. The Morgan fingerprint density at radius 3 is 2.63 bits per heavy atom. The Bertz CT molecular complexity index is 975. The maximum Gasteiger partial charge on any atom is 0.220 e. The number of amides is 1. The van der Waals surface area contributed by atoms with Crippen molar-refractivity contribution in [3.8, 4) is 0 Å². The number of benzene rings is 2. The minimum Gasteiger partial charge on any atom is -0.346 e. The number of H-pyrrole nitrogens is 1. The predicted octanol–water partition coefficient (Wildman–Crippen LogP) is 4.66. The minimum absolute atomic E-state index is 0.0461. The summed E-state index contributed by atoms with van der Waals surface area (Å²) in [6.45, 7) is 0. The van der Waals surface area contributed by atoms with Crippen molar-refractivity contribution in [3.05, 3.63) is 88.4 Å². The molecule has 0 aliphatic carbocycles. The topological polar surface area (TPSA) is 57.8 Å². The van der Waals surface area contributed by atoms with Gasteiger partial charge in [-0.1, -0.05) is 48.5 Å². The van der Waals surface area contributed by atoms with Crippen LogP contribution < -0.4 is 5.32 Å². The van der Waals surface area contributed by atoms with Gasteiger partial charge in [0, 0.05) is 11.3 Å². The molecule has 2 heterocycles. The van der Waals surface area contributed by atoms with Gasteiger partial charge in [0.2, 0.25) is 5.91 Å². The van der Waals surface area contributed by atoms with Gasteiger partial charge in [0.05, 0.1) is 17.1 Å². The molecular formula is C22H21N3OS. The summed E-state index contributed by atoms with van der Waals surface area (Å²) in [7, 11) is 0. The quantitative estimate of drug-likeness (QED) is 0.494. The summed E-state index contributed by atoms with van der Waals surface area (Å²) in [5, 5.41) is 5.22. The first kappa shape index (κ1) is 17.5. The molecule has 136 valence electrons. The van der Waals surface area contributed by atoms with Gasteiger partial charge >= 0.3 is 0 Å². The highest BCUT2D eigenvalue weighted by Gasteiger charge is 2.19. The van der Waals surface area contributed by atoms with Gasteiger partial charge in [-0.15, -0.1) is 11.3 Å². The number of nitrogens with one attached hydrogen (secondary N) is 2. The molecule has 0 aliphatic rings. The summed E-state index contributed by atoms with van der Waals surface area (Å²) < 4.78 is 0. The van der Waals surface area contributed by atoms with Crippen molar-refractivity contribution >= 4 is 28.3 Å². The monoisotopic (exact) mass is 375 g/mol. The minimum atomic E-state index is -0.185. The average Bonchev–Trinajstić information content (AvgIpc) is 3.36. The van der Waals surface area contributed by atoms with E-state index < -0.39 is 0 Å². The van der Waals surface area contributed by atoms with Crippen LogP contribution in [0.25, 0.3) is 11.0 Å². The maximum atomic E-state index is 12.6. The second kappa shape index (κ2) is 8.18. The van der Waals surface area contributed by atoms with E-state index in [1.165, 1.54) is 10.4 Å². The van der Waals surface area contributed by atoms with Crippen LogP contribution in [0.2, 0.25) is 0 Å². The lowest BCUT2D eigenvalue weighted by atomic mass is 10.1. The SMILES string of the molecule is O=C(CCc1cccs1)NC(Cc1ccccc1)c1nc2ccccc2[nH]1. The smallest absolute Gasteiger partial charge is 0.220 e. The number of rotatable bonds is 7. The van der Waals surface area contributed by atoms with Crippen molar-refractivity contribution < 1.29 is 4.79 Å². The van der Waals surface area contributed by atoms with Gasteiger partial charge in [-0.25, -0.2) is 4.98 Å². The van der Waals surface area contributed by atoms with E-state index in [9.17, 15) is 4.79 Å². The van der Waals surface area contributed by atoms with E-state index in [0.717, 1.165) is 23.3 Å². The van der Waals surface area contributed by atoms with Crippen LogP contribution in [0, 0.1) is 0 Å². The molecule has 5 heteroatoms. The lowest BCUT2D eigenvalue weighted by Gasteiger charge is -2.17. The maximum absolute atomic E-state index is 12.6. The van der Waals surface area contributed by atoms with E-state index >= 15 is 0 Å². The Morgan fingerprint density at radius 1 is 1.04 bits per heavy atom. The number of carbonyl (C=O) groups is 1. The lowest BCUT2D eigenvalue weighted by Crippen LogP contribution is -2.30. The average molecular weight is 375 g/mol. The van der Waals surface area contributed by atoms with Crippen molar-refractivity contribution in [2.24, 2.45) is 0 Å². The number of hydrogen-bond donors (Lipinski definition) is 2. The Labute approximate surface area is 162 Å². The van der Waals surface area contributed by atoms with Crippen molar-refractivity contribution in [2.75, 3.05) is 0 Å². The van der Waals surface area contributed by atoms with E-state index in [0.29, 0.717) is 12.8 Å². The standard InChI is InChI=1S/C22H21N3OS/c26-21(13-12-17-9-6-14-27-17)23-20(15-16-7-2-1-3-8-16)22-24-18-10-4-5-11-19(18)25-22/h1-11,14,20H,12-13,15H2,(H,23,26)(H,24,25). The number of fused-ring (bicyclic) bond motifs is 1. The van der Waals surface area contributed by atoms with Crippen LogP contribution in [-0.2, 0) is 17.6 Å².